The molecule has 0 aliphatic rings. The van der Waals surface area contributed by atoms with E-state index in [2.05, 4.69) is 15.5 Å². The molecule has 0 spiro atoms. The first-order valence-electron chi connectivity index (χ1n) is 5.81. The summed E-state index contributed by atoms with van der Waals surface area (Å²) < 4.78 is 12.5. The molecule has 6 heteroatoms. The van der Waals surface area contributed by atoms with Crippen LogP contribution in [0.1, 0.15) is 0 Å². The Morgan fingerprint density at radius 2 is 1.55 bits per heavy atom. The highest BCUT2D eigenvalue weighted by Crippen LogP contribution is 2.20. The number of carbonyl (C=O) groups excluding carboxylic acids is 1. The molecule has 0 aliphatic carbocycles. The predicted molar refractivity (Wildman–Crippen MR) is 76.4 cm³/mol. The van der Waals surface area contributed by atoms with Crippen LogP contribution in [-0.2, 0) is 4.79 Å². The van der Waals surface area contributed by atoms with Gasteiger partial charge in [0, 0.05) is 5.69 Å². The van der Waals surface area contributed by atoms with E-state index in [0.29, 0.717) is 11.4 Å². The lowest BCUT2D eigenvalue weighted by atomic mass is 10.3. The summed E-state index contributed by atoms with van der Waals surface area (Å²) >= 11 is 5.01. The van der Waals surface area contributed by atoms with Gasteiger partial charge in [0.05, 0.1) is 11.4 Å². The van der Waals surface area contributed by atoms with Crippen LogP contribution in [0.3, 0.4) is 0 Å². The van der Waals surface area contributed by atoms with Crippen LogP contribution in [0, 0.1) is 0 Å². The first kappa shape index (κ1) is 14.1. The molecule has 0 aromatic heterocycles. The van der Waals surface area contributed by atoms with Crippen LogP contribution in [-0.4, -0.2) is 11.5 Å². The van der Waals surface area contributed by atoms with E-state index in [-0.39, 0.29) is 0 Å². The van der Waals surface area contributed by atoms with E-state index in [1.165, 1.54) is 0 Å². The van der Waals surface area contributed by atoms with E-state index in [9.17, 15) is 9.18 Å². The van der Waals surface area contributed by atoms with Crippen molar-refractivity contribution in [2.45, 2.75) is 5.63 Å². The maximum Gasteiger partial charge on any atom is 0.274 e. The number of rotatable bonds is 4. The zero-order valence-electron chi connectivity index (χ0n) is 10.3. The van der Waals surface area contributed by atoms with Gasteiger partial charge in [-0.1, -0.05) is 29.8 Å². The molecule has 102 valence electrons. The number of hydrogen-bond donors (Lipinski definition) is 1. The third-order valence-corrected chi connectivity index (χ3v) is 2.57. The fraction of sp³-hybridized carbons (Fsp3) is 0.0714. The van der Waals surface area contributed by atoms with Crippen LogP contribution in [0.5, 0.6) is 0 Å². The highest BCUT2D eigenvalue weighted by Gasteiger charge is 2.12. The molecule has 2 aromatic rings. The minimum atomic E-state index is -2.06. The van der Waals surface area contributed by atoms with E-state index in [1.54, 1.807) is 24.3 Å². The molecule has 20 heavy (non-hydrogen) atoms. The van der Waals surface area contributed by atoms with Gasteiger partial charge in [-0.05, 0) is 36.4 Å². The second kappa shape index (κ2) is 6.77. The number of azo groups is 1. The molecular formula is C14H11ClFN3O. The summed E-state index contributed by atoms with van der Waals surface area (Å²) in [5.41, 5.74) is -0.258. The Kier molecular flexibility index (Phi) is 4.79. The number of nitrogens with zero attached hydrogens (tertiary/aromatic N) is 2. The van der Waals surface area contributed by atoms with Crippen LogP contribution >= 0.6 is 11.6 Å². The van der Waals surface area contributed by atoms with Crippen LogP contribution in [0.4, 0.5) is 21.5 Å². The van der Waals surface area contributed by atoms with E-state index in [1.807, 2.05) is 30.3 Å². The second-order valence-electron chi connectivity index (χ2n) is 3.87. The Labute approximate surface area is 120 Å². The molecule has 2 aromatic carbocycles. The van der Waals surface area contributed by atoms with Crippen LogP contribution in [0.2, 0.25) is 0 Å². The molecule has 0 saturated carbocycles. The molecule has 1 unspecified atom stereocenters. The zero-order chi connectivity index (χ0) is 14.4. The monoisotopic (exact) mass is 291 g/mol. The number of anilines is 1. The van der Waals surface area contributed by atoms with E-state index < -0.39 is 11.5 Å². The van der Waals surface area contributed by atoms with Crippen LogP contribution in [0.15, 0.2) is 64.8 Å². The van der Waals surface area contributed by atoms with Crippen molar-refractivity contribution in [2.24, 2.45) is 10.2 Å². The molecule has 0 saturated heterocycles. The number of alkyl halides is 2. The smallest absolute Gasteiger partial charge is 0.274 e. The molecule has 4 nitrogen and oxygen atoms in total. The van der Waals surface area contributed by atoms with Crippen molar-refractivity contribution in [1.29, 1.82) is 0 Å². The van der Waals surface area contributed by atoms with Crippen molar-refractivity contribution in [3.05, 3.63) is 54.6 Å². The average molecular weight is 292 g/mol. The lowest BCUT2D eigenvalue weighted by molar-refractivity contribution is -0.118. The lowest BCUT2D eigenvalue weighted by Crippen LogP contribution is -2.19. The number of carbonyl (C=O) groups is 1. The van der Waals surface area contributed by atoms with Gasteiger partial charge in [-0.3, -0.25) is 4.79 Å². The number of nitrogens with one attached hydrogen (secondary N) is 1. The molecule has 0 bridgehead atoms. The van der Waals surface area contributed by atoms with Gasteiger partial charge in [-0.2, -0.15) is 10.2 Å². The third kappa shape index (κ3) is 4.13. The fourth-order valence-electron chi connectivity index (χ4n) is 1.42. The van der Waals surface area contributed by atoms with Gasteiger partial charge in [0.15, 0.2) is 0 Å². The van der Waals surface area contributed by atoms with Crippen molar-refractivity contribution in [3.63, 3.8) is 0 Å². The maximum atomic E-state index is 12.5. The summed E-state index contributed by atoms with van der Waals surface area (Å²) in [7, 11) is 0. The molecule has 1 amide bonds. The number of benzene rings is 2. The molecular weight excluding hydrogens is 281 g/mol. The van der Waals surface area contributed by atoms with Crippen molar-refractivity contribution >= 4 is 34.6 Å². The molecule has 0 fully saturated rings. The first-order valence-corrected chi connectivity index (χ1v) is 6.24. The fourth-order valence-corrected chi connectivity index (χ4v) is 1.47. The zero-order valence-corrected chi connectivity index (χ0v) is 11.1. The number of hydrogen-bond acceptors (Lipinski definition) is 3. The summed E-state index contributed by atoms with van der Waals surface area (Å²) in [6, 6.07) is 15.8. The van der Waals surface area contributed by atoms with Crippen molar-refractivity contribution < 1.29 is 9.18 Å². The normalized spacial score (nSPS) is 12.3. The van der Waals surface area contributed by atoms with E-state index >= 15 is 0 Å². The number of halogens is 2. The van der Waals surface area contributed by atoms with Gasteiger partial charge >= 0.3 is 0 Å². The second-order valence-corrected chi connectivity index (χ2v) is 4.26. The predicted octanol–water partition coefficient (Wildman–Crippen LogP) is 4.57. The number of amides is 1. The Morgan fingerprint density at radius 3 is 2.10 bits per heavy atom. The highest BCUT2D eigenvalue weighted by molar-refractivity contribution is 6.31. The maximum absolute atomic E-state index is 12.5. The standard InChI is InChI=1S/C14H11ClFN3O/c15-13(16)14(20)17-10-6-8-12(9-7-10)19-18-11-4-2-1-3-5-11/h1-9,13H,(H,17,20). The minimum Gasteiger partial charge on any atom is -0.322 e. The van der Waals surface area contributed by atoms with Gasteiger partial charge < -0.3 is 5.32 Å². The van der Waals surface area contributed by atoms with Crippen LogP contribution in [0.25, 0.3) is 0 Å². The Morgan fingerprint density at radius 1 is 1.00 bits per heavy atom. The Bertz CT molecular complexity index is 600. The Hall–Kier alpha value is -2.27. The largest absolute Gasteiger partial charge is 0.322 e. The van der Waals surface area contributed by atoms with Gasteiger partial charge in [-0.15, -0.1) is 0 Å². The summed E-state index contributed by atoms with van der Waals surface area (Å²) in [4.78, 5) is 11.0. The van der Waals surface area contributed by atoms with E-state index in [0.717, 1.165) is 5.69 Å². The minimum absolute atomic E-state index is 0.442. The van der Waals surface area contributed by atoms with Crippen molar-refractivity contribution in [3.8, 4) is 0 Å². The quantitative estimate of drug-likeness (QED) is 0.651. The molecule has 1 atom stereocenters. The average Bonchev–Trinajstić information content (AvgIpc) is 2.47. The Balaban J connectivity index is 2.02. The summed E-state index contributed by atoms with van der Waals surface area (Å²) in [5.74, 6) is -0.898. The SMILES string of the molecule is O=C(Nc1ccc(N=Nc2ccccc2)cc1)C(F)Cl. The summed E-state index contributed by atoms with van der Waals surface area (Å²) in [6.45, 7) is 0. The molecule has 1 N–H and O–H groups in total. The van der Waals surface area contributed by atoms with Gasteiger partial charge in [0.2, 0.25) is 0 Å². The summed E-state index contributed by atoms with van der Waals surface area (Å²) in [6.07, 6.45) is 0. The van der Waals surface area contributed by atoms with Gasteiger partial charge in [0.25, 0.3) is 11.5 Å². The third-order valence-electron chi connectivity index (χ3n) is 2.37. The summed E-state index contributed by atoms with van der Waals surface area (Å²) in [5, 5.41) is 10.4. The highest BCUT2D eigenvalue weighted by atomic mass is 35.5. The first-order chi connectivity index (χ1) is 9.65. The lowest BCUT2D eigenvalue weighted by Gasteiger charge is -2.04. The van der Waals surface area contributed by atoms with E-state index in [4.69, 9.17) is 11.6 Å². The van der Waals surface area contributed by atoms with Crippen molar-refractivity contribution in [2.75, 3.05) is 5.32 Å². The topological polar surface area (TPSA) is 53.8 Å². The van der Waals surface area contributed by atoms with Gasteiger partial charge in [0.1, 0.15) is 0 Å². The van der Waals surface area contributed by atoms with Gasteiger partial charge in [-0.25, -0.2) is 4.39 Å². The van der Waals surface area contributed by atoms with Crippen LogP contribution < -0.4 is 5.32 Å². The molecule has 0 heterocycles. The molecule has 2 rings (SSSR count). The molecule has 0 aliphatic heterocycles. The molecule has 0 radical (unpaired) electrons. The van der Waals surface area contributed by atoms with Crippen molar-refractivity contribution in [1.82, 2.24) is 0 Å².